The minimum absolute atomic E-state index is 0.456. The summed E-state index contributed by atoms with van der Waals surface area (Å²) in [5, 5.41) is 3.87. The van der Waals surface area contributed by atoms with Gasteiger partial charge in [0.25, 0.3) is 0 Å². The minimum atomic E-state index is 0.456. The number of piperazine rings is 1. The number of hydrogen-bond donors (Lipinski definition) is 1. The summed E-state index contributed by atoms with van der Waals surface area (Å²) in [7, 11) is 0. The van der Waals surface area contributed by atoms with Crippen LogP contribution in [0.3, 0.4) is 0 Å². The molecule has 0 aromatic heterocycles. The van der Waals surface area contributed by atoms with Crippen molar-refractivity contribution in [2.24, 2.45) is 0 Å². The molecule has 0 aromatic rings. The van der Waals surface area contributed by atoms with Crippen molar-refractivity contribution in [3.63, 3.8) is 0 Å². The molecule has 1 saturated heterocycles. The van der Waals surface area contributed by atoms with E-state index < -0.39 is 0 Å². The van der Waals surface area contributed by atoms with Crippen LogP contribution in [0.25, 0.3) is 0 Å². The summed E-state index contributed by atoms with van der Waals surface area (Å²) in [4.78, 5) is 2.78. The highest BCUT2D eigenvalue weighted by atomic mass is 32.2. The summed E-state index contributed by atoms with van der Waals surface area (Å²) >= 11 is 2.08. The molecule has 0 aromatic carbocycles. The zero-order valence-corrected chi connectivity index (χ0v) is 14.1. The molecule has 1 saturated carbocycles. The van der Waals surface area contributed by atoms with Crippen LogP contribution in [0.1, 0.15) is 59.3 Å². The van der Waals surface area contributed by atoms with Crippen molar-refractivity contribution in [3.05, 3.63) is 0 Å². The highest BCUT2D eigenvalue weighted by Gasteiger charge is 2.41. The van der Waals surface area contributed by atoms with Gasteiger partial charge in [0.15, 0.2) is 0 Å². The molecule has 0 radical (unpaired) electrons. The van der Waals surface area contributed by atoms with E-state index in [1.165, 1.54) is 58.2 Å². The summed E-state index contributed by atoms with van der Waals surface area (Å²) in [5.74, 6) is 0. The lowest BCUT2D eigenvalue weighted by Gasteiger charge is -2.48. The van der Waals surface area contributed by atoms with E-state index >= 15 is 0 Å². The van der Waals surface area contributed by atoms with Crippen molar-refractivity contribution in [1.29, 1.82) is 0 Å². The lowest BCUT2D eigenvalue weighted by molar-refractivity contribution is 0.0784. The van der Waals surface area contributed by atoms with Crippen LogP contribution in [-0.4, -0.2) is 47.1 Å². The van der Waals surface area contributed by atoms with Crippen LogP contribution in [0, 0.1) is 0 Å². The van der Waals surface area contributed by atoms with Crippen LogP contribution in [-0.2, 0) is 0 Å². The third kappa shape index (κ3) is 3.30. The Bertz CT molecular complexity index is 274. The molecule has 19 heavy (non-hydrogen) atoms. The third-order valence-electron chi connectivity index (χ3n) is 5.68. The van der Waals surface area contributed by atoms with Gasteiger partial charge in [-0.05, 0) is 38.9 Å². The lowest BCUT2D eigenvalue weighted by atomic mass is 9.91. The van der Waals surface area contributed by atoms with E-state index in [9.17, 15) is 0 Å². The van der Waals surface area contributed by atoms with Gasteiger partial charge in [-0.1, -0.05) is 26.7 Å². The van der Waals surface area contributed by atoms with Crippen LogP contribution in [0.5, 0.6) is 0 Å². The predicted octanol–water partition coefficient (Wildman–Crippen LogP) is 3.51. The van der Waals surface area contributed by atoms with Gasteiger partial charge in [-0.15, -0.1) is 0 Å². The van der Waals surface area contributed by atoms with E-state index in [0.29, 0.717) is 16.3 Å². The van der Waals surface area contributed by atoms with Crippen molar-refractivity contribution in [3.8, 4) is 0 Å². The van der Waals surface area contributed by atoms with E-state index in [4.69, 9.17) is 0 Å². The summed E-state index contributed by atoms with van der Waals surface area (Å²) in [6.45, 7) is 10.8. The molecule has 112 valence electrons. The van der Waals surface area contributed by atoms with E-state index in [1.54, 1.807) is 0 Å². The average molecular weight is 285 g/mol. The quantitative estimate of drug-likeness (QED) is 0.831. The van der Waals surface area contributed by atoms with Gasteiger partial charge < -0.3 is 5.32 Å². The normalized spacial score (nSPS) is 28.1. The molecule has 1 heterocycles. The number of hydrogen-bond acceptors (Lipinski definition) is 3. The second-order valence-corrected chi connectivity index (χ2v) is 7.99. The maximum absolute atomic E-state index is 3.87. The van der Waals surface area contributed by atoms with Crippen molar-refractivity contribution in [2.75, 3.05) is 25.9 Å². The van der Waals surface area contributed by atoms with Gasteiger partial charge in [0, 0.05) is 36.0 Å². The first kappa shape index (κ1) is 15.7. The zero-order valence-electron chi connectivity index (χ0n) is 13.3. The number of nitrogens with zero attached hydrogens (tertiary/aromatic N) is 1. The lowest BCUT2D eigenvalue weighted by Crippen LogP contribution is -2.64. The SMILES string of the molecule is CCC(CC)(CN1CC2(CCCC2)NCC1C)SC. The molecule has 1 aliphatic carbocycles. The number of thioether (sulfide) groups is 1. The smallest absolute Gasteiger partial charge is 0.0309 e. The predicted molar refractivity (Wildman–Crippen MR) is 87.1 cm³/mol. The monoisotopic (exact) mass is 284 g/mol. The Balaban J connectivity index is 2.04. The molecule has 1 aliphatic heterocycles. The van der Waals surface area contributed by atoms with E-state index in [1.807, 2.05) is 0 Å². The molecule has 2 aliphatic rings. The van der Waals surface area contributed by atoms with Crippen molar-refractivity contribution in [1.82, 2.24) is 10.2 Å². The van der Waals surface area contributed by atoms with Crippen molar-refractivity contribution >= 4 is 11.8 Å². The molecule has 1 unspecified atom stereocenters. The van der Waals surface area contributed by atoms with Gasteiger partial charge >= 0.3 is 0 Å². The Labute approximate surface area is 124 Å². The number of nitrogens with one attached hydrogen (secondary N) is 1. The standard InChI is InChI=1S/C16H32N2S/c1-5-16(6-2,19-4)13-18-12-15(9-7-8-10-15)17-11-14(18)3/h14,17H,5-13H2,1-4H3. The summed E-state index contributed by atoms with van der Waals surface area (Å²) < 4.78 is 0.464. The first-order valence-electron chi connectivity index (χ1n) is 8.13. The number of rotatable bonds is 5. The van der Waals surface area contributed by atoms with Crippen molar-refractivity contribution < 1.29 is 0 Å². The van der Waals surface area contributed by atoms with Gasteiger partial charge in [-0.25, -0.2) is 0 Å². The first-order valence-corrected chi connectivity index (χ1v) is 9.35. The van der Waals surface area contributed by atoms with Crippen LogP contribution >= 0.6 is 11.8 Å². The molecule has 1 N–H and O–H groups in total. The summed E-state index contributed by atoms with van der Waals surface area (Å²) in [6, 6.07) is 0.691. The second-order valence-electron chi connectivity index (χ2n) is 6.72. The van der Waals surface area contributed by atoms with Crippen LogP contribution in [0.15, 0.2) is 0 Å². The van der Waals surface area contributed by atoms with Gasteiger partial charge in [0.05, 0.1) is 0 Å². The van der Waals surface area contributed by atoms with Crippen LogP contribution in [0.4, 0.5) is 0 Å². The van der Waals surface area contributed by atoms with Crippen molar-refractivity contribution in [2.45, 2.75) is 75.6 Å². The molecule has 3 heteroatoms. The Morgan fingerprint density at radius 1 is 1.26 bits per heavy atom. The van der Waals surface area contributed by atoms with Gasteiger partial charge in [0.1, 0.15) is 0 Å². The van der Waals surface area contributed by atoms with Gasteiger partial charge in [-0.2, -0.15) is 11.8 Å². The third-order valence-corrected chi connectivity index (χ3v) is 7.25. The maximum atomic E-state index is 3.87. The van der Waals surface area contributed by atoms with Gasteiger partial charge in [0.2, 0.25) is 0 Å². The van der Waals surface area contributed by atoms with Crippen LogP contribution < -0.4 is 5.32 Å². The Morgan fingerprint density at radius 2 is 1.89 bits per heavy atom. The fraction of sp³-hybridized carbons (Fsp3) is 1.00. The Kier molecular flexibility index (Phi) is 5.24. The summed E-state index contributed by atoms with van der Waals surface area (Å²) in [6.07, 6.45) is 10.5. The molecule has 2 nitrogen and oxygen atoms in total. The van der Waals surface area contributed by atoms with Gasteiger partial charge in [-0.3, -0.25) is 4.90 Å². The molecule has 0 amide bonds. The highest BCUT2D eigenvalue weighted by molar-refractivity contribution is 8.00. The van der Waals surface area contributed by atoms with E-state index in [-0.39, 0.29) is 0 Å². The molecule has 2 rings (SSSR count). The second kappa shape index (κ2) is 6.36. The summed E-state index contributed by atoms with van der Waals surface area (Å²) in [5.41, 5.74) is 0.456. The molecular weight excluding hydrogens is 252 g/mol. The highest BCUT2D eigenvalue weighted by Crippen LogP contribution is 2.36. The average Bonchev–Trinajstić information content (AvgIpc) is 2.89. The molecule has 1 atom stereocenters. The van der Waals surface area contributed by atoms with E-state index in [2.05, 4.69) is 49.0 Å². The maximum Gasteiger partial charge on any atom is 0.0309 e. The fourth-order valence-electron chi connectivity index (χ4n) is 3.89. The zero-order chi connectivity index (χ0) is 13.9. The molecule has 0 bridgehead atoms. The van der Waals surface area contributed by atoms with Crippen LogP contribution in [0.2, 0.25) is 0 Å². The first-order chi connectivity index (χ1) is 9.09. The topological polar surface area (TPSA) is 15.3 Å². The Hall–Kier alpha value is 0.270. The fourth-order valence-corrected chi connectivity index (χ4v) is 4.76. The largest absolute Gasteiger partial charge is 0.308 e. The molecular formula is C16H32N2S. The molecule has 1 spiro atoms. The molecule has 2 fully saturated rings. The minimum Gasteiger partial charge on any atom is -0.308 e. The van der Waals surface area contributed by atoms with E-state index in [0.717, 1.165) is 0 Å². The Morgan fingerprint density at radius 3 is 2.42 bits per heavy atom.